The van der Waals surface area contributed by atoms with Crippen LogP contribution >= 0.6 is 0 Å². The molecule has 0 aromatic carbocycles. The molecule has 4 amide bonds. The lowest BCUT2D eigenvalue weighted by atomic mass is 10.1. The second kappa shape index (κ2) is 9.49. The zero-order valence-electron chi connectivity index (χ0n) is 17.0. The lowest BCUT2D eigenvalue weighted by Gasteiger charge is -2.43. The van der Waals surface area contributed by atoms with Gasteiger partial charge in [0.25, 0.3) is 10.2 Å². The van der Waals surface area contributed by atoms with Crippen LogP contribution in [0.4, 0.5) is 4.79 Å². The largest absolute Gasteiger partial charge is 0.354 e. The molecule has 0 spiro atoms. The number of aldehydes is 1. The van der Waals surface area contributed by atoms with Gasteiger partial charge < -0.3 is 10.1 Å². The molecular weight excluding hydrogens is 420 g/mol. The molecule has 0 saturated carbocycles. The Morgan fingerprint density at radius 2 is 1.93 bits per heavy atom. The molecule has 0 aromatic heterocycles. The topological polar surface area (TPSA) is 157 Å². The van der Waals surface area contributed by atoms with Crippen LogP contribution in [0, 0.1) is 0 Å². The van der Waals surface area contributed by atoms with Gasteiger partial charge in [-0.15, -0.1) is 4.83 Å². The maximum Gasteiger partial charge on any atom is 0.354 e. The first kappa shape index (κ1) is 23.7. The second-order valence-electron chi connectivity index (χ2n) is 7.24. The minimum Gasteiger partial charge on any atom is -0.344 e. The van der Waals surface area contributed by atoms with Crippen LogP contribution in [0.2, 0.25) is 0 Å². The summed E-state index contributed by atoms with van der Waals surface area (Å²) in [5.74, 6) is -1.46. The first-order valence-corrected chi connectivity index (χ1v) is 10.8. The molecular formula is C16H26N6O7S. The van der Waals surface area contributed by atoms with Gasteiger partial charge in [-0.25, -0.2) is 19.8 Å². The fraction of sp³-hybridized carbons (Fsp3) is 0.688. The smallest absolute Gasteiger partial charge is 0.344 e. The van der Waals surface area contributed by atoms with Crippen molar-refractivity contribution in [2.45, 2.75) is 44.7 Å². The molecule has 168 valence electrons. The molecule has 2 aliphatic rings. The summed E-state index contributed by atoms with van der Waals surface area (Å²) in [5.41, 5.74) is 0. The number of nitrogens with zero attached hydrogens (tertiary/aromatic N) is 4. The number of ketones is 1. The van der Waals surface area contributed by atoms with E-state index in [0.717, 1.165) is 19.3 Å². The van der Waals surface area contributed by atoms with Crippen LogP contribution in [0.5, 0.6) is 0 Å². The summed E-state index contributed by atoms with van der Waals surface area (Å²) in [6.45, 7) is 1.25. The van der Waals surface area contributed by atoms with Crippen molar-refractivity contribution in [3.63, 3.8) is 0 Å². The molecule has 0 bridgehead atoms. The van der Waals surface area contributed by atoms with Gasteiger partial charge in [-0.1, -0.05) is 0 Å². The highest BCUT2D eigenvalue weighted by atomic mass is 32.2. The van der Waals surface area contributed by atoms with Gasteiger partial charge in [0.05, 0.1) is 6.04 Å². The van der Waals surface area contributed by atoms with Crippen LogP contribution in [-0.2, 0) is 29.4 Å². The fourth-order valence-corrected chi connectivity index (χ4v) is 3.75. The lowest BCUT2D eigenvalue weighted by molar-refractivity contribution is -0.155. The van der Waals surface area contributed by atoms with Gasteiger partial charge in [-0.2, -0.15) is 12.7 Å². The minimum atomic E-state index is -4.03. The third-order valence-electron chi connectivity index (χ3n) is 4.68. The van der Waals surface area contributed by atoms with E-state index in [1.807, 2.05) is 0 Å². The summed E-state index contributed by atoms with van der Waals surface area (Å²) in [4.78, 5) is 62.9. The Morgan fingerprint density at radius 1 is 1.27 bits per heavy atom. The minimum absolute atomic E-state index is 0.145. The van der Waals surface area contributed by atoms with Gasteiger partial charge >= 0.3 is 6.03 Å². The molecule has 14 heteroatoms. The van der Waals surface area contributed by atoms with E-state index in [1.54, 1.807) is 0 Å². The molecule has 2 N–H and O–H groups in total. The highest BCUT2D eigenvalue weighted by molar-refractivity contribution is 7.87. The average molecular weight is 446 g/mol. The Balaban J connectivity index is 2.29. The Kier molecular flexibility index (Phi) is 7.49. The fourth-order valence-electron chi connectivity index (χ4n) is 3.14. The van der Waals surface area contributed by atoms with E-state index < -0.39 is 40.1 Å². The van der Waals surface area contributed by atoms with Crippen molar-refractivity contribution in [2.75, 3.05) is 27.2 Å². The Bertz CT molecular complexity index is 830. The number of hydrogen-bond acceptors (Lipinski definition) is 7. The average Bonchev–Trinajstić information content (AvgIpc) is 2.78. The Labute approximate surface area is 174 Å². The van der Waals surface area contributed by atoms with Gasteiger partial charge in [-0.3, -0.25) is 14.4 Å². The van der Waals surface area contributed by atoms with Crippen molar-refractivity contribution in [1.29, 1.82) is 0 Å². The SMILES string of the molecule is CC(=O)CC(C=O)NC(=O)C1CCCN2C(=O)CCN(NS(=O)(=O)N(C)C)C(=O)N12. The highest BCUT2D eigenvalue weighted by Crippen LogP contribution is 2.24. The van der Waals surface area contributed by atoms with Crippen molar-refractivity contribution >= 4 is 40.1 Å². The van der Waals surface area contributed by atoms with Crippen molar-refractivity contribution < 1.29 is 32.4 Å². The van der Waals surface area contributed by atoms with Crippen LogP contribution in [0.15, 0.2) is 0 Å². The summed E-state index contributed by atoms with van der Waals surface area (Å²) in [7, 11) is -1.49. The summed E-state index contributed by atoms with van der Waals surface area (Å²) < 4.78 is 25.2. The monoisotopic (exact) mass is 446 g/mol. The van der Waals surface area contributed by atoms with Gasteiger partial charge in [0.15, 0.2) is 0 Å². The van der Waals surface area contributed by atoms with E-state index in [0.29, 0.717) is 12.7 Å². The first-order valence-electron chi connectivity index (χ1n) is 9.34. The first-order chi connectivity index (χ1) is 14.0. The number of carbonyl (C=O) groups is 5. The predicted octanol–water partition coefficient (Wildman–Crippen LogP) is -2.01. The third-order valence-corrected chi connectivity index (χ3v) is 6.09. The molecule has 0 radical (unpaired) electrons. The zero-order valence-corrected chi connectivity index (χ0v) is 17.8. The Hall–Kier alpha value is -2.58. The van der Waals surface area contributed by atoms with Crippen LogP contribution in [0.25, 0.3) is 0 Å². The highest BCUT2D eigenvalue weighted by Gasteiger charge is 2.44. The molecule has 2 aliphatic heterocycles. The van der Waals surface area contributed by atoms with E-state index in [-0.39, 0.29) is 38.1 Å². The van der Waals surface area contributed by atoms with Crippen molar-refractivity contribution in [3.05, 3.63) is 0 Å². The lowest BCUT2D eigenvalue weighted by Crippen LogP contribution is -2.65. The molecule has 2 saturated heterocycles. The number of rotatable bonds is 8. The summed E-state index contributed by atoms with van der Waals surface area (Å²) in [5, 5.41) is 5.23. The predicted molar refractivity (Wildman–Crippen MR) is 102 cm³/mol. The number of fused-ring (bicyclic) bond motifs is 1. The molecule has 13 nitrogen and oxygen atoms in total. The summed E-state index contributed by atoms with van der Waals surface area (Å²) in [6, 6.07) is -3.10. The van der Waals surface area contributed by atoms with Gasteiger partial charge in [0.2, 0.25) is 11.8 Å². The van der Waals surface area contributed by atoms with Gasteiger partial charge in [0.1, 0.15) is 18.1 Å². The maximum absolute atomic E-state index is 13.1. The molecule has 2 unspecified atom stereocenters. The normalized spacial score (nSPS) is 21.2. The van der Waals surface area contributed by atoms with E-state index in [4.69, 9.17) is 0 Å². The molecule has 2 heterocycles. The molecule has 0 aromatic rings. The standard InChI is InChI=1S/C16H26N6O7S/c1-11(24)9-12(10-23)17-15(26)13-5-4-7-21-14(25)6-8-20(16(27)22(13)21)18-30(28,29)19(2)3/h10,12-13,18H,4-9H2,1-3H3,(H,17,26). The van der Waals surface area contributed by atoms with Gasteiger partial charge in [0, 0.05) is 40.0 Å². The van der Waals surface area contributed by atoms with Crippen LogP contribution in [0.3, 0.4) is 0 Å². The van der Waals surface area contributed by atoms with Crippen LogP contribution in [-0.4, -0.2) is 96.9 Å². The molecule has 0 aliphatic carbocycles. The van der Waals surface area contributed by atoms with Crippen molar-refractivity contribution in [3.8, 4) is 0 Å². The Morgan fingerprint density at radius 3 is 2.50 bits per heavy atom. The number of amides is 4. The number of hydrazine groups is 2. The van der Waals surface area contributed by atoms with Crippen LogP contribution < -0.4 is 10.1 Å². The zero-order chi connectivity index (χ0) is 22.6. The number of hydrogen-bond donors (Lipinski definition) is 2. The quantitative estimate of drug-likeness (QED) is 0.408. The van der Waals surface area contributed by atoms with E-state index in [1.165, 1.54) is 21.0 Å². The third kappa shape index (κ3) is 5.31. The van der Waals surface area contributed by atoms with Crippen molar-refractivity contribution in [2.24, 2.45) is 0 Å². The van der Waals surface area contributed by atoms with E-state index in [2.05, 4.69) is 10.1 Å². The maximum atomic E-state index is 13.1. The molecule has 2 atom stereocenters. The molecule has 2 fully saturated rings. The van der Waals surface area contributed by atoms with Crippen LogP contribution in [0.1, 0.15) is 32.6 Å². The summed E-state index contributed by atoms with van der Waals surface area (Å²) in [6.07, 6.45) is 0.699. The van der Waals surface area contributed by atoms with E-state index >= 15 is 0 Å². The second-order valence-corrected chi connectivity index (χ2v) is 9.10. The number of Topliss-reactive ketones (excluding diaryl/α,β-unsaturated/α-hetero) is 1. The number of urea groups is 1. The van der Waals surface area contributed by atoms with Crippen molar-refractivity contribution in [1.82, 2.24) is 29.5 Å². The summed E-state index contributed by atoms with van der Waals surface area (Å²) >= 11 is 0. The van der Waals surface area contributed by atoms with E-state index in [9.17, 15) is 32.4 Å². The van der Waals surface area contributed by atoms with Gasteiger partial charge in [-0.05, 0) is 19.8 Å². The number of carbonyl (C=O) groups excluding carboxylic acids is 5. The molecule has 2 rings (SSSR count). The number of nitrogens with one attached hydrogen (secondary N) is 2. The molecule has 30 heavy (non-hydrogen) atoms.